The van der Waals surface area contributed by atoms with Gasteiger partial charge in [0.25, 0.3) is 5.88 Å². The predicted molar refractivity (Wildman–Crippen MR) is 139 cm³/mol. The third-order valence-electron chi connectivity index (χ3n) is 7.27. The van der Waals surface area contributed by atoms with Crippen LogP contribution in [0.3, 0.4) is 0 Å². The van der Waals surface area contributed by atoms with E-state index in [9.17, 15) is 0 Å². The van der Waals surface area contributed by atoms with E-state index in [4.69, 9.17) is 44.8 Å². The van der Waals surface area contributed by atoms with Gasteiger partial charge in [0.1, 0.15) is 61.0 Å². The predicted octanol–water partition coefficient (Wildman–Crippen LogP) is 3.14. The van der Waals surface area contributed by atoms with Crippen molar-refractivity contribution in [3.05, 3.63) is 29.7 Å². The molecule has 206 valence electrons. The maximum Gasteiger partial charge on any atom is 0.262 e. The molecule has 0 radical (unpaired) electrons. The maximum atomic E-state index is 6.52. The Morgan fingerprint density at radius 3 is 2.72 bits per heavy atom. The van der Waals surface area contributed by atoms with E-state index in [1.807, 2.05) is 12.1 Å². The van der Waals surface area contributed by atoms with Crippen LogP contribution in [0.25, 0.3) is 10.9 Å². The van der Waals surface area contributed by atoms with Gasteiger partial charge in [-0.25, -0.2) is 15.0 Å². The minimum Gasteiger partial charge on any atom is -0.492 e. The fraction of sp³-hybridized carbons (Fsp3) is 0.500. The number of likely N-dealkylation sites (tertiary alicyclic amines) is 1. The Bertz CT molecular complexity index is 1350. The van der Waals surface area contributed by atoms with Crippen LogP contribution >= 0.6 is 11.6 Å². The summed E-state index contributed by atoms with van der Waals surface area (Å²) >= 11 is 6.48. The van der Waals surface area contributed by atoms with Crippen molar-refractivity contribution in [1.82, 2.24) is 19.9 Å². The summed E-state index contributed by atoms with van der Waals surface area (Å²) in [5, 5.41) is 4.39. The van der Waals surface area contributed by atoms with E-state index in [2.05, 4.69) is 25.2 Å². The topological polar surface area (TPSA) is 119 Å². The van der Waals surface area contributed by atoms with Crippen molar-refractivity contribution >= 4 is 34.0 Å². The molecular formula is C26H28ClN5O7. The van der Waals surface area contributed by atoms with E-state index in [0.717, 1.165) is 32.5 Å². The van der Waals surface area contributed by atoms with Gasteiger partial charge in [0.2, 0.25) is 12.5 Å². The Hall–Kier alpha value is -3.16. The molecule has 3 aromatic rings. The first-order valence-electron chi connectivity index (χ1n) is 13.0. The average Bonchev–Trinajstić information content (AvgIpc) is 3.68. The van der Waals surface area contributed by atoms with Gasteiger partial charge in [-0.3, -0.25) is 4.90 Å². The van der Waals surface area contributed by atoms with Crippen LogP contribution < -0.4 is 24.3 Å². The molecule has 0 aliphatic carbocycles. The summed E-state index contributed by atoms with van der Waals surface area (Å²) in [5.74, 6) is 2.61. The molecule has 0 saturated carbocycles. The SMILES string of the molecule is Clc1cnc2c(c1Nc1ncnc3cc(OCCN4CC5OCOC5C4)cc(OC4CCOCC4)c13)OCO2. The number of rotatable bonds is 8. The molecule has 0 spiro atoms. The summed E-state index contributed by atoms with van der Waals surface area (Å²) < 4.78 is 40.5. The molecule has 4 aliphatic heterocycles. The average molecular weight is 558 g/mol. The molecule has 2 atom stereocenters. The lowest BCUT2D eigenvalue weighted by atomic mass is 10.1. The van der Waals surface area contributed by atoms with E-state index < -0.39 is 0 Å². The zero-order valence-electron chi connectivity index (χ0n) is 21.1. The standard InChI is InChI=1S/C26H28ClN5O7/c27-17-9-28-26-24(37-14-38-26)23(17)31-25-22-18(29-12-30-25)7-16(8-19(22)39-15-1-4-33-5-2-15)34-6-3-32-10-20-21(11-32)36-13-35-20/h7-9,12,15,20-21H,1-6,10-11,13-14H2,(H,28,29,30,31). The van der Waals surface area contributed by atoms with Gasteiger partial charge in [-0.05, 0) is 0 Å². The number of pyridine rings is 1. The number of anilines is 2. The number of hydrogen-bond acceptors (Lipinski definition) is 12. The van der Waals surface area contributed by atoms with Crippen molar-refractivity contribution in [1.29, 1.82) is 0 Å². The first kappa shape index (κ1) is 24.9. The smallest absolute Gasteiger partial charge is 0.262 e. The Kier molecular flexibility index (Phi) is 6.87. The van der Waals surface area contributed by atoms with Crippen molar-refractivity contribution in [2.45, 2.75) is 31.2 Å². The summed E-state index contributed by atoms with van der Waals surface area (Å²) in [4.78, 5) is 15.5. The molecule has 0 amide bonds. The molecule has 39 heavy (non-hydrogen) atoms. The molecular weight excluding hydrogens is 530 g/mol. The quantitative estimate of drug-likeness (QED) is 0.438. The first-order chi connectivity index (χ1) is 19.2. The Labute approximate surface area is 229 Å². The van der Waals surface area contributed by atoms with E-state index in [1.54, 1.807) is 0 Å². The summed E-state index contributed by atoms with van der Waals surface area (Å²) in [6.07, 6.45) is 4.89. The van der Waals surface area contributed by atoms with Crippen LogP contribution in [0.15, 0.2) is 24.7 Å². The molecule has 2 aromatic heterocycles. The number of fused-ring (bicyclic) bond motifs is 3. The fourth-order valence-electron chi connectivity index (χ4n) is 5.27. The van der Waals surface area contributed by atoms with Crippen molar-refractivity contribution in [2.75, 3.05) is 58.4 Å². The Morgan fingerprint density at radius 1 is 1.03 bits per heavy atom. The fourth-order valence-corrected chi connectivity index (χ4v) is 5.45. The molecule has 2 unspecified atom stereocenters. The van der Waals surface area contributed by atoms with Crippen molar-refractivity contribution in [3.8, 4) is 23.1 Å². The summed E-state index contributed by atoms with van der Waals surface area (Å²) in [7, 11) is 0. The minimum atomic E-state index is -0.000222. The molecule has 3 saturated heterocycles. The number of nitrogens with one attached hydrogen (secondary N) is 1. The van der Waals surface area contributed by atoms with E-state index in [1.165, 1.54) is 12.5 Å². The van der Waals surface area contributed by atoms with Crippen LogP contribution in [0.5, 0.6) is 23.1 Å². The minimum absolute atomic E-state index is 0.000222. The van der Waals surface area contributed by atoms with Crippen molar-refractivity contribution in [3.63, 3.8) is 0 Å². The lowest BCUT2D eigenvalue weighted by molar-refractivity contribution is 0.0140. The second kappa shape index (κ2) is 10.8. The van der Waals surface area contributed by atoms with Crippen LogP contribution in [0.2, 0.25) is 5.02 Å². The molecule has 13 heteroatoms. The largest absolute Gasteiger partial charge is 0.492 e. The van der Waals surface area contributed by atoms with Crippen LogP contribution in [0, 0.1) is 0 Å². The highest BCUT2D eigenvalue weighted by molar-refractivity contribution is 6.33. The monoisotopic (exact) mass is 557 g/mol. The van der Waals surface area contributed by atoms with E-state index >= 15 is 0 Å². The van der Waals surface area contributed by atoms with Crippen molar-refractivity contribution < 1.29 is 33.2 Å². The summed E-state index contributed by atoms with van der Waals surface area (Å²) in [5.41, 5.74) is 1.18. The van der Waals surface area contributed by atoms with Gasteiger partial charge in [-0.1, -0.05) is 11.6 Å². The summed E-state index contributed by atoms with van der Waals surface area (Å²) in [6, 6.07) is 3.79. The zero-order valence-corrected chi connectivity index (χ0v) is 21.9. The van der Waals surface area contributed by atoms with Gasteiger partial charge in [0.15, 0.2) is 0 Å². The third kappa shape index (κ3) is 5.10. The molecule has 6 heterocycles. The van der Waals surface area contributed by atoms with Gasteiger partial charge in [-0.2, -0.15) is 0 Å². The number of halogens is 1. The van der Waals surface area contributed by atoms with Gasteiger partial charge < -0.3 is 38.5 Å². The first-order valence-corrected chi connectivity index (χ1v) is 13.4. The van der Waals surface area contributed by atoms with Gasteiger partial charge in [0, 0.05) is 44.6 Å². The van der Waals surface area contributed by atoms with Gasteiger partial charge >= 0.3 is 0 Å². The van der Waals surface area contributed by atoms with Crippen molar-refractivity contribution in [2.24, 2.45) is 0 Å². The molecule has 12 nitrogen and oxygen atoms in total. The van der Waals surface area contributed by atoms with E-state index in [0.29, 0.717) is 77.2 Å². The number of ether oxygens (including phenoxy) is 7. The van der Waals surface area contributed by atoms with Crippen LogP contribution in [-0.4, -0.2) is 91.2 Å². The second-order valence-electron chi connectivity index (χ2n) is 9.75. The lowest BCUT2D eigenvalue weighted by Crippen LogP contribution is -2.28. The molecule has 4 aliphatic rings. The highest BCUT2D eigenvalue weighted by Crippen LogP contribution is 2.44. The molecule has 1 N–H and O–H groups in total. The summed E-state index contributed by atoms with van der Waals surface area (Å²) in [6.45, 7) is 4.74. The molecule has 7 rings (SSSR count). The second-order valence-corrected chi connectivity index (χ2v) is 10.2. The number of nitrogens with zero attached hydrogens (tertiary/aromatic N) is 4. The molecule has 1 aromatic carbocycles. The van der Waals surface area contributed by atoms with Gasteiger partial charge in [0.05, 0.1) is 35.3 Å². The molecule has 0 bridgehead atoms. The van der Waals surface area contributed by atoms with E-state index in [-0.39, 0.29) is 25.1 Å². The highest BCUT2D eigenvalue weighted by atomic mass is 35.5. The highest BCUT2D eigenvalue weighted by Gasteiger charge is 2.38. The van der Waals surface area contributed by atoms with Crippen LogP contribution in [0.4, 0.5) is 11.5 Å². The van der Waals surface area contributed by atoms with Crippen LogP contribution in [0.1, 0.15) is 12.8 Å². The number of hydrogen-bond donors (Lipinski definition) is 1. The normalized spacial score (nSPS) is 22.8. The number of aromatic nitrogens is 3. The maximum absolute atomic E-state index is 6.52. The molecule has 3 fully saturated rings. The Balaban J connectivity index is 1.17. The van der Waals surface area contributed by atoms with Gasteiger partial charge in [-0.15, -0.1) is 0 Å². The van der Waals surface area contributed by atoms with Crippen LogP contribution in [-0.2, 0) is 14.2 Å². The third-order valence-corrected chi connectivity index (χ3v) is 7.55. The zero-order chi connectivity index (χ0) is 26.2. The lowest BCUT2D eigenvalue weighted by Gasteiger charge is -2.25. The number of benzene rings is 1. The Morgan fingerprint density at radius 2 is 1.87 bits per heavy atom.